The van der Waals surface area contributed by atoms with E-state index in [0.717, 1.165) is 28.9 Å². The van der Waals surface area contributed by atoms with Crippen LogP contribution in [-0.2, 0) is 6.18 Å². The molecule has 0 aliphatic rings. The van der Waals surface area contributed by atoms with Crippen molar-refractivity contribution in [2.45, 2.75) is 26.9 Å². The third-order valence-corrected chi connectivity index (χ3v) is 5.49. The molecular weight excluding hydrogens is 430 g/mol. The van der Waals surface area contributed by atoms with Gasteiger partial charge in [-0.1, -0.05) is 29.5 Å². The van der Waals surface area contributed by atoms with Crippen LogP contribution >= 0.6 is 11.3 Å². The number of para-hydroxylation sites is 1. The third-order valence-electron chi connectivity index (χ3n) is 4.62. The number of benzene rings is 2. The fraction of sp³-hybridized carbons (Fsp3) is 0.190. The van der Waals surface area contributed by atoms with Gasteiger partial charge < -0.3 is 10.6 Å². The monoisotopic (exact) mass is 447 g/mol. The van der Waals surface area contributed by atoms with Gasteiger partial charge in [0.2, 0.25) is 0 Å². The van der Waals surface area contributed by atoms with Crippen LogP contribution in [0.5, 0.6) is 0 Å². The Morgan fingerprint density at radius 1 is 0.903 bits per heavy atom. The van der Waals surface area contributed by atoms with E-state index in [1.165, 1.54) is 11.3 Å². The van der Waals surface area contributed by atoms with Gasteiger partial charge in [-0.15, -0.1) is 0 Å². The van der Waals surface area contributed by atoms with Crippen LogP contribution in [0.15, 0.2) is 36.4 Å². The standard InChI is InChI=1S/C21H17F4N5S/c1-10-5-4-6-11(2)16(10)29-20-30-17-18(26-12(3)27-19(17)31-20)28-13-7-8-14(15(22)9-13)21(23,24)25/h4-9H,1-3H3,(H,29,30)(H,26,27,28). The molecule has 2 heterocycles. The molecule has 0 amide bonds. The molecule has 0 saturated carbocycles. The SMILES string of the molecule is Cc1nc(Nc2ccc(C(F)(F)F)c(F)c2)c2nc(Nc3c(C)cccc3C)sc2n1. The number of thiazole rings is 1. The molecule has 0 atom stereocenters. The van der Waals surface area contributed by atoms with E-state index in [1.54, 1.807) is 6.92 Å². The highest BCUT2D eigenvalue weighted by atomic mass is 32.1. The molecule has 2 aromatic carbocycles. The van der Waals surface area contributed by atoms with Crippen molar-refractivity contribution in [3.63, 3.8) is 0 Å². The molecule has 0 unspecified atom stereocenters. The molecule has 2 aromatic heterocycles. The molecule has 0 bridgehead atoms. The van der Waals surface area contributed by atoms with Gasteiger partial charge in [-0.05, 0) is 50.1 Å². The molecule has 0 aliphatic heterocycles. The number of hydrogen-bond donors (Lipinski definition) is 2. The highest BCUT2D eigenvalue weighted by Gasteiger charge is 2.34. The van der Waals surface area contributed by atoms with Crippen molar-refractivity contribution in [3.8, 4) is 0 Å². The Bertz CT molecular complexity index is 1260. The maximum absolute atomic E-state index is 13.9. The van der Waals surface area contributed by atoms with E-state index < -0.39 is 17.6 Å². The number of anilines is 4. The number of nitrogens with zero attached hydrogens (tertiary/aromatic N) is 3. The summed E-state index contributed by atoms with van der Waals surface area (Å²) in [6.07, 6.45) is -4.76. The van der Waals surface area contributed by atoms with Crippen LogP contribution in [0.2, 0.25) is 0 Å². The van der Waals surface area contributed by atoms with E-state index >= 15 is 0 Å². The summed E-state index contributed by atoms with van der Waals surface area (Å²) < 4.78 is 52.4. The van der Waals surface area contributed by atoms with Crippen molar-refractivity contribution in [2.75, 3.05) is 10.6 Å². The highest BCUT2D eigenvalue weighted by molar-refractivity contribution is 7.21. The molecule has 5 nitrogen and oxygen atoms in total. The second-order valence-electron chi connectivity index (χ2n) is 7.00. The van der Waals surface area contributed by atoms with E-state index in [-0.39, 0.29) is 11.5 Å². The minimum absolute atomic E-state index is 0.127. The number of alkyl halides is 3. The zero-order valence-corrected chi connectivity index (χ0v) is 17.5. The first-order chi connectivity index (χ1) is 14.6. The lowest BCUT2D eigenvalue weighted by molar-refractivity contribution is -0.139. The Morgan fingerprint density at radius 2 is 1.61 bits per heavy atom. The summed E-state index contributed by atoms with van der Waals surface area (Å²) in [6.45, 7) is 5.66. The maximum atomic E-state index is 13.9. The summed E-state index contributed by atoms with van der Waals surface area (Å²) in [6, 6.07) is 8.56. The van der Waals surface area contributed by atoms with E-state index in [4.69, 9.17) is 0 Å². The van der Waals surface area contributed by atoms with Gasteiger partial charge in [0.05, 0.1) is 5.56 Å². The maximum Gasteiger partial charge on any atom is 0.419 e. The molecule has 4 rings (SSSR count). The molecule has 0 spiro atoms. The Balaban J connectivity index is 1.70. The van der Waals surface area contributed by atoms with Crippen LogP contribution in [0.4, 0.5) is 39.9 Å². The van der Waals surface area contributed by atoms with Crippen molar-refractivity contribution in [3.05, 3.63) is 64.7 Å². The van der Waals surface area contributed by atoms with Crippen molar-refractivity contribution < 1.29 is 17.6 Å². The van der Waals surface area contributed by atoms with Gasteiger partial charge in [0.1, 0.15) is 17.2 Å². The molecule has 2 N–H and O–H groups in total. The highest BCUT2D eigenvalue weighted by Crippen LogP contribution is 2.35. The van der Waals surface area contributed by atoms with Gasteiger partial charge in [0, 0.05) is 11.4 Å². The van der Waals surface area contributed by atoms with Gasteiger partial charge in [0.15, 0.2) is 15.8 Å². The van der Waals surface area contributed by atoms with E-state index in [0.29, 0.717) is 27.4 Å². The van der Waals surface area contributed by atoms with Gasteiger partial charge in [-0.25, -0.2) is 19.3 Å². The first-order valence-corrected chi connectivity index (χ1v) is 10.1. The van der Waals surface area contributed by atoms with Gasteiger partial charge in [-0.2, -0.15) is 13.2 Å². The van der Waals surface area contributed by atoms with Crippen molar-refractivity contribution >= 4 is 44.0 Å². The van der Waals surface area contributed by atoms with Crippen molar-refractivity contribution in [1.82, 2.24) is 15.0 Å². The van der Waals surface area contributed by atoms with Crippen LogP contribution in [0.3, 0.4) is 0 Å². The molecule has 4 aromatic rings. The molecule has 0 fully saturated rings. The van der Waals surface area contributed by atoms with Crippen molar-refractivity contribution in [2.24, 2.45) is 0 Å². The summed E-state index contributed by atoms with van der Waals surface area (Å²) >= 11 is 1.32. The molecule has 160 valence electrons. The van der Waals surface area contributed by atoms with Crippen LogP contribution < -0.4 is 10.6 Å². The van der Waals surface area contributed by atoms with Crippen LogP contribution in [-0.4, -0.2) is 15.0 Å². The van der Waals surface area contributed by atoms with Gasteiger partial charge in [0.25, 0.3) is 0 Å². The van der Waals surface area contributed by atoms with Crippen molar-refractivity contribution in [1.29, 1.82) is 0 Å². The van der Waals surface area contributed by atoms with E-state index in [9.17, 15) is 17.6 Å². The summed E-state index contributed by atoms with van der Waals surface area (Å²) in [7, 11) is 0. The minimum Gasteiger partial charge on any atom is -0.338 e. The Kier molecular flexibility index (Phi) is 5.26. The second-order valence-corrected chi connectivity index (χ2v) is 7.98. The summed E-state index contributed by atoms with van der Waals surface area (Å²) in [5.41, 5.74) is 2.29. The number of aromatic nitrogens is 3. The van der Waals surface area contributed by atoms with E-state index in [2.05, 4.69) is 25.6 Å². The first kappa shape index (κ1) is 21.0. The lowest BCUT2D eigenvalue weighted by Gasteiger charge is -2.11. The average Bonchev–Trinajstić information content (AvgIpc) is 3.06. The molecule has 10 heteroatoms. The number of aryl methyl sites for hydroxylation is 3. The fourth-order valence-electron chi connectivity index (χ4n) is 3.15. The predicted octanol–water partition coefficient (Wildman–Crippen LogP) is 6.66. The normalized spacial score (nSPS) is 11.7. The first-order valence-electron chi connectivity index (χ1n) is 9.24. The minimum atomic E-state index is -4.76. The van der Waals surface area contributed by atoms with Crippen LogP contribution in [0.25, 0.3) is 10.3 Å². The molecule has 0 saturated heterocycles. The Hall–Kier alpha value is -3.27. The average molecular weight is 447 g/mol. The zero-order chi connectivity index (χ0) is 22.3. The predicted molar refractivity (Wildman–Crippen MR) is 114 cm³/mol. The largest absolute Gasteiger partial charge is 0.419 e. The number of nitrogens with one attached hydrogen (secondary N) is 2. The number of fused-ring (bicyclic) bond motifs is 1. The quantitative estimate of drug-likeness (QED) is 0.343. The topological polar surface area (TPSA) is 62.7 Å². The number of halogens is 4. The third kappa shape index (κ3) is 4.29. The number of rotatable bonds is 4. The Labute approximate surface area is 179 Å². The van der Waals surface area contributed by atoms with Crippen LogP contribution in [0, 0.1) is 26.6 Å². The lowest BCUT2D eigenvalue weighted by Crippen LogP contribution is -2.08. The summed E-state index contributed by atoms with van der Waals surface area (Å²) in [4.78, 5) is 13.8. The van der Waals surface area contributed by atoms with Crippen LogP contribution in [0.1, 0.15) is 22.5 Å². The molecule has 0 radical (unpaired) electrons. The second kappa shape index (κ2) is 7.77. The molecular formula is C21H17F4N5S. The smallest absolute Gasteiger partial charge is 0.338 e. The number of hydrogen-bond acceptors (Lipinski definition) is 6. The summed E-state index contributed by atoms with van der Waals surface area (Å²) in [5, 5.41) is 6.76. The van der Waals surface area contributed by atoms with E-state index in [1.807, 2.05) is 32.0 Å². The molecule has 31 heavy (non-hydrogen) atoms. The molecule has 0 aliphatic carbocycles. The zero-order valence-electron chi connectivity index (χ0n) is 16.7. The fourth-order valence-corrected chi connectivity index (χ4v) is 4.04. The Morgan fingerprint density at radius 3 is 2.26 bits per heavy atom. The van der Waals surface area contributed by atoms with Gasteiger partial charge >= 0.3 is 6.18 Å². The lowest BCUT2D eigenvalue weighted by atomic mass is 10.1. The summed E-state index contributed by atoms with van der Waals surface area (Å²) in [5.74, 6) is -0.632. The van der Waals surface area contributed by atoms with Gasteiger partial charge in [-0.3, -0.25) is 0 Å².